The van der Waals surface area contributed by atoms with Gasteiger partial charge >= 0.3 is 0 Å². The molecule has 1 N–H and O–H groups in total. The van der Waals surface area contributed by atoms with E-state index in [0.29, 0.717) is 27.0 Å². The van der Waals surface area contributed by atoms with Crippen molar-refractivity contribution in [2.75, 3.05) is 12.4 Å². The van der Waals surface area contributed by atoms with Crippen molar-refractivity contribution in [1.29, 1.82) is 5.26 Å². The minimum atomic E-state index is -0.626. The van der Waals surface area contributed by atoms with Crippen LogP contribution in [-0.2, 0) is 4.79 Å². The van der Waals surface area contributed by atoms with Gasteiger partial charge in [-0.05, 0) is 36.4 Å². The van der Waals surface area contributed by atoms with Crippen LogP contribution in [0.15, 0.2) is 35.9 Å². The van der Waals surface area contributed by atoms with Crippen LogP contribution in [-0.4, -0.2) is 13.0 Å². The van der Waals surface area contributed by atoms with Crippen molar-refractivity contribution in [1.82, 2.24) is 0 Å². The average Bonchev–Trinajstić information content (AvgIpc) is 2.55. The summed E-state index contributed by atoms with van der Waals surface area (Å²) in [5.41, 5.74) is 0.639. The van der Waals surface area contributed by atoms with Crippen LogP contribution in [0.1, 0.15) is 5.56 Å². The molecular weight excluding hydrogens is 406 g/mol. The van der Waals surface area contributed by atoms with Gasteiger partial charge in [0.05, 0.1) is 22.2 Å². The number of methoxy groups -OCH3 is 1. The minimum Gasteiger partial charge on any atom is -0.495 e. The third-order valence-electron chi connectivity index (χ3n) is 3.08. The Bertz CT molecular complexity index is 904. The van der Waals surface area contributed by atoms with Gasteiger partial charge in [-0.25, -0.2) is 0 Å². The van der Waals surface area contributed by atoms with Crippen LogP contribution in [0.25, 0.3) is 6.08 Å². The molecule has 0 aromatic heterocycles. The van der Waals surface area contributed by atoms with Gasteiger partial charge in [-0.3, -0.25) is 4.79 Å². The molecule has 0 heterocycles. The largest absolute Gasteiger partial charge is 0.495 e. The van der Waals surface area contributed by atoms with Crippen LogP contribution in [0.2, 0.25) is 20.1 Å². The third-order valence-corrected chi connectivity index (χ3v) is 4.32. The van der Waals surface area contributed by atoms with Gasteiger partial charge in [-0.15, -0.1) is 0 Å². The van der Waals surface area contributed by atoms with Gasteiger partial charge in [-0.2, -0.15) is 5.26 Å². The van der Waals surface area contributed by atoms with E-state index in [0.717, 1.165) is 0 Å². The van der Waals surface area contributed by atoms with Crippen LogP contribution in [0.3, 0.4) is 0 Å². The fraction of sp³-hybridized carbons (Fsp3) is 0.0588. The maximum Gasteiger partial charge on any atom is 0.266 e. The summed E-state index contributed by atoms with van der Waals surface area (Å²) in [6.07, 6.45) is 1.34. The van der Waals surface area contributed by atoms with E-state index in [2.05, 4.69) is 5.32 Å². The van der Waals surface area contributed by atoms with Crippen molar-refractivity contribution in [2.24, 2.45) is 0 Å². The number of ether oxygens (including phenoxy) is 1. The number of hydrogen-bond donors (Lipinski definition) is 1. The lowest BCUT2D eigenvalue weighted by Gasteiger charge is -2.09. The van der Waals surface area contributed by atoms with E-state index in [4.69, 9.17) is 51.1 Å². The molecule has 0 saturated heterocycles. The zero-order valence-electron chi connectivity index (χ0n) is 12.7. The lowest BCUT2D eigenvalue weighted by Crippen LogP contribution is -2.13. The second-order valence-electron chi connectivity index (χ2n) is 4.76. The maximum atomic E-state index is 12.3. The highest BCUT2D eigenvalue weighted by Crippen LogP contribution is 2.33. The molecule has 0 unspecified atom stereocenters. The summed E-state index contributed by atoms with van der Waals surface area (Å²) in [7, 11) is 1.42. The second kappa shape index (κ2) is 8.46. The number of hydrogen-bond acceptors (Lipinski definition) is 3. The smallest absolute Gasteiger partial charge is 0.266 e. The van der Waals surface area contributed by atoms with Gasteiger partial charge in [0.2, 0.25) is 0 Å². The molecule has 2 rings (SSSR count). The quantitative estimate of drug-likeness (QED) is 0.502. The Hall–Kier alpha value is -1.90. The predicted molar refractivity (Wildman–Crippen MR) is 102 cm³/mol. The van der Waals surface area contributed by atoms with E-state index < -0.39 is 5.91 Å². The highest BCUT2D eigenvalue weighted by Gasteiger charge is 2.14. The first-order valence-electron chi connectivity index (χ1n) is 6.77. The number of rotatable bonds is 4. The van der Waals surface area contributed by atoms with Crippen molar-refractivity contribution in [3.8, 4) is 11.8 Å². The van der Waals surface area contributed by atoms with Crippen LogP contribution in [0, 0.1) is 11.3 Å². The highest BCUT2D eigenvalue weighted by atomic mass is 35.5. The molecule has 25 heavy (non-hydrogen) atoms. The summed E-state index contributed by atoms with van der Waals surface area (Å²) in [4.78, 5) is 12.3. The number of nitrogens with zero attached hydrogens (tertiary/aromatic N) is 1. The molecule has 0 saturated carbocycles. The first-order chi connectivity index (χ1) is 11.8. The van der Waals surface area contributed by atoms with E-state index in [9.17, 15) is 10.1 Å². The van der Waals surface area contributed by atoms with Crippen LogP contribution in [0.5, 0.6) is 5.75 Å². The lowest BCUT2D eigenvalue weighted by molar-refractivity contribution is -0.112. The number of carbonyl (C=O) groups is 1. The molecule has 8 heteroatoms. The van der Waals surface area contributed by atoms with E-state index in [1.807, 2.05) is 6.07 Å². The molecule has 0 aliphatic heterocycles. The van der Waals surface area contributed by atoms with Crippen molar-refractivity contribution in [3.05, 3.63) is 61.6 Å². The molecule has 0 atom stereocenters. The Kier molecular flexibility index (Phi) is 6.57. The Morgan fingerprint density at radius 3 is 2.44 bits per heavy atom. The average molecular weight is 416 g/mol. The first kappa shape index (κ1) is 19.4. The molecule has 2 aromatic carbocycles. The van der Waals surface area contributed by atoms with Gasteiger partial charge in [-0.1, -0.05) is 46.4 Å². The van der Waals surface area contributed by atoms with Crippen molar-refractivity contribution >= 4 is 64.1 Å². The fourth-order valence-corrected chi connectivity index (χ4v) is 2.86. The summed E-state index contributed by atoms with van der Waals surface area (Å²) < 4.78 is 5.20. The number of amides is 1. The van der Waals surface area contributed by atoms with Crippen LogP contribution >= 0.6 is 46.4 Å². The first-order valence-corrected chi connectivity index (χ1v) is 8.28. The molecule has 0 fully saturated rings. The Balaban J connectivity index is 2.36. The topological polar surface area (TPSA) is 62.1 Å². The number of halogens is 4. The SMILES string of the molecule is COc1c(Cl)cc(Cl)cc1/C=C(\C#N)C(=O)Nc1ccc(Cl)c(Cl)c1. The van der Waals surface area contributed by atoms with Crippen LogP contribution in [0.4, 0.5) is 5.69 Å². The van der Waals surface area contributed by atoms with Gasteiger partial charge < -0.3 is 10.1 Å². The molecule has 0 radical (unpaired) electrons. The minimum absolute atomic E-state index is 0.164. The molecule has 0 aliphatic rings. The lowest BCUT2D eigenvalue weighted by atomic mass is 10.1. The number of nitrogens with one attached hydrogen (secondary N) is 1. The van der Waals surface area contributed by atoms with Crippen molar-refractivity contribution in [2.45, 2.75) is 0 Å². The maximum absolute atomic E-state index is 12.3. The van der Waals surface area contributed by atoms with Crippen LogP contribution < -0.4 is 10.1 Å². The van der Waals surface area contributed by atoms with E-state index in [-0.39, 0.29) is 15.6 Å². The van der Waals surface area contributed by atoms with Crippen molar-refractivity contribution < 1.29 is 9.53 Å². The molecule has 0 aliphatic carbocycles. The predicted octanol–water partition coefficient (Wildman–Crippen LogP) is 5.85. The summed E-state index contributed by atoms with van der Waals surface area (Å²) in [6, 6.07) is 9.46. The summed E-state index contributed by atoms with van der Waals surface area (Å²) in [6.45, 7) is 0. The zero-order chi connectivity index (χ0) is 18.6. The normalized spacial score (nSPS) is 11.0. The Morgan fingerprint density at radius 1 is 1.12 bits per heavy atom. The van der Waals surface area contributed by atoms with Crippen molar-refractivity contribution in [3.63, 3.8) is 0 Å². The molecule has 4 nitrogen and oxygen atoms in total. The van der Waals surface area contributed by atoms with Gasteiger partial charge in [0.1, 0.15) is 17.4 Å². The molecule has 0 bridgehead atoms. The standard InChI is InChI=1S/C17H10Cl4N2O2/c1-25-16-9(5-11(18)6-15(16)21)4-10(8-22)17(24)23-12-2-3-13(19)14(20)7-12/h2-7H,1H3,(H,23,24)/b10-4+. The summed E-state index contributed by atoms with van der Waals surface area (Å²) in [5.74, 6) is -0.319. The zero-order valence-corrected chi connectivity index (χ0v) is 15.8. The van der Waals surface area contributed by atoms with E-state index >= 15 is 0 Å². The number of benzene rings is 2. The van der Waals surface area contributed by atoms with Gasteiger partial charge in [0, 0.05) is 16.3 Å². The van der Waals surface area contributed by atoms with E-state index in [1.54, 1.807) is 6.07 Å². The Labute approximate surface area is 164 Å². The number of anilines is 1. The molecule has 2 aromatic rings. The van der Waals surface area contributed by atoms with Gasteiger partial charge in [0.25, 0.3) is 5.91 Å². The number of carbonyl (C=O) groups excluding carboxylic acids is 1. The third kappa shape index (κ3) is 4.81. The second-order valence-corrected chi connectivity index (χ2v) is 6.42. The van der Waals surface area contributed by atoms with E-state index in [1.165, 1.54) is 37.5 Å². The number of nitriles is 1. The monoisotopic (exact) mass is 414 g/mol. The van der Waals surface area contributed by atoms with Gasteiger partial charge in [0.15, 0.2) is 0 Å². The Morgan fingerprint density at radius 2 is 1.84 bits per heavy atom. The fourth-order valence-electron chi connectivity index (χ4n) is 1.98. The molecule has 128 valence electrons. The molecular formula is C17H10Cl4N2O2. The summed E-state index contributed by atoms with van der Waals surface area (Å²) in [5, 5.41) is 13.1. The molecule has 1 amide bonds. The molecule has 0 spiro atoms. The highest BCUT2D eigenvalue weighted by molar-refractivity contribution is 6.42. The summed E-state index contributed by atoms with van der Waals surface area (Å²) >= 11 is 23.8.